The maximum atomic E-state index is 13.4. The molecule has 9 nitrogen and oxygen atoms in total. The number of carbonyl (C=O) groups excluding carboxylic acids is 2. The highest BCUT2D eigenvalue weighted by Crippen LogP contribution is 2.35. The van der Waals surface area contributed by atoms with E-state index in [-0.39, 0.29) is 17.7 Å². The van der Waals surface area contributed by atoms with Crippen molar-refractivity contribution in [2.24, 2.45) is 0 Å². The molecule has 5 aromatic rings. The number of rotatable bonds is 5. The van der Waals surface area contributed by atoms with E-state index in [4.69, 9.17) is 0 Å². The van der Waals surface area contributed by atoms with Crippen LogP contribution in [0.25, 0.3) is 27.7 Å². The monoisotopic (exact) mass is 479 g/mol. The number of pyridine rings is 1. The molecule has 1 fully saturated rings. The van der Waals surface area contributed by atoms with E-state index in [9.17, 15) is 9.59 Å². The molecular formula is C27H25N7O2. The van der Waals surface area contributed by atoms with Crippen LogP contribution >= 0.6 is 0 Å². The van der Waals surface area contributed by atoms with E-state index < -0.39 is 0 Å². The lowest BCUT2D eigenvalue weighted by atomic mass is 10.0. The molecule has 1 aromatic carbocycles. The lowest BCUT2D eigenvalue weighted by Gasteiger charge is -2.18. The zero-order valence-electron chi connectivity index (χ0n) is 19.8. The molecule has 4 aromatic heterocycles. The molecule has 9 heteroatoms. The molecule has 1 unspecified atom stereocenters. The summed E-state index contributed by atoms with van der Waals surface area (Å²) in [7, 11) is 0. The smallest absolute Gasteiger partial charge is 0.255 e. The Labute approximate surface area is 207 Å². The predicted octanol–water partition coefficient (Wildman–Crippen LogP) is 4.25. The normalized spacial score (nSPS) is 15.6. The minimum atomic E-state index is -0.113. The first-order valence-corrected chi connectivity index (χ1v) is 12.1. The molecule has 0 aliphatic carbocycles. The van der Waals surface area contributed by atoms with Gasteiger partial charge >= 0.3 is 0 Å². The number of hydrogen-bond donors (Lipinski definition) is 2. The fraction of sp³-hybridized carbons (Fsp3) is 0.222. The molecule has 0 radical (unpaired) electrons. The van der Waals surface area contributed by atoms with Crippen molar-refractivity contribution in [1.29, 1.82) is 0 Å². The van der Waals surface area contributed by atoms with Crippen LogP contribution in [-0.2, 0) is 4.79 Å². The van der Waals surface area contributed by atoms with Crippen molar-refractivity contribution < 1.29 is 9.59 Å². The summed E-state index contributed by atoms with van der Waals surface area (Å²) in [4.78, 5) is 35.2. The number of para-hydroxylation sites is 1. The molecule has 6 rings (SSSR count). The van der Waals surface area contributed by atoms with Gasteiger partial charge in [-0.1, -0.05) is 19.1 Å². The van der Waals surface area contributed by atoms with Gasteiger partial charge in [-0.25, -0.2) is 4.98 Å². The summed E-state index contributed by atoms with van der Waals surface area (Å²) in [6.45, 7) is 3.03. The summed E-state index contributed by atoms with van der Waals surface area (Å²) in [5, 5.41) is 12.5. The first kappa shape index (κ1) is 22.0. The van der Waals surface area contributed by atoms with Crippen molar-refractivity contribution in [3.8, 4) is 11.1 Å². The molecule has 180 valence electrons. The van der Waals surface area contributed by atoms with E-state index in [1.54, 1.807) is 36.1 Å². The third kappa shape index (κ3) is 3.78. The van der Waals surface area contributed by atoms with E-state index in [0.717, 1.165) is 39.8 Å². The summed E-state index contributed by atoms with van der Waals surface area (Å²) in [5.41, 5.74) is 5.90. The zero-order valence-corrected chi connectivity index (χ0v) is 19.8. The molecule has 1 aliphatic heterocycles. The Morgan fingerprint density at radius 3 is 2.86 bits per heavy atom. The van der Waals surface area contributed by atoms with Gasteiger partial charge in [-0.3, -0.25) is 9.59 Å². The van der Waals surface area contributed by atoms with Crippen LogP contribution in [0, 0.1) is 0 Å². The third-order valence-corrected chi connectivity index (χ3v) is 6.81. The molecule has 0 bridgehead atoms. The van der Waals surface area contributed by atoms with E-state index in [2.05, 4.69) is 31.5 Å². The molecule has 0 spiro atoms. The quantitative estimate of drug-likeness (QED) is 0.392. The van der Waals surface area contributed by atoms with Crippen molar-refractivity contribution in [3.63, 3.8) is 0 Å². The van der Waals surface area contributed by atoms with Crippen LogP contribution in [0.5, 0.6) is 0 Å². The maximum absolute atomic E-state index is 13.4. The van der Waals surface area contributed by atoms with Crippen molar-refractivity contribution in [2.75, 3.05) is 18.4 Å². The topological polar surface area (TPSA) is 108 Å². The van der Waals surface area contributed by atoms with Gasteiger partial charge in [0.15, 0.2) is 0 Å². The highest BCUT2D eigenvalue weighted by molar-refractivity contribution is 6.04. The second kappa shape index (κ2) is 8.92. The van der Waals surface area contributed by atoms with Gasteiger partial charge in [0, 0.05) is 54.5 Å². The fourth-order valence-electron chi connectivity index (χ4n) is 4.93. The number of anilines is 1. The molecule has 1 atom stereocenters. The maximum Gasteiger partial charge on any atom is 0.255 e. The van der Waals surface area contributed by atoms with Crippen LogP contribution in [0.4, 0.5) is 5.69 Å². The van der Waals surface area contributed by atoms with Crippen LogP contribution in [-0.4, -0.2) is 54.6 Å². The number of aromatic amines is 1. The second-order valence-corrected chi connectivity index (χ2v) is 8.99. The van der Waals surface area contributed by atoms with Gasteiger partial charge in [0.1, 0.15) is 5.65 Å². The average Bonchev–Trinajstić information content (AvgIpc) is 3.66. The number of nitrogens with one attached hydrogen (secondary N) is 2. The summed E-state index contributed by atoms with van der Waals surface area (Å²) >= 11 is 0. The largest absolute Gasteiger partial charge is 0.343 e. The lowest BCUT2D eigenvalue weighted by molar-refractivity contribution is -0.115. The number of fused-ring (bicyclic) bond motifs is 2. The molecule has 1 aliphatic rings. The van der Waals surface area contributed by atoms with Crippen LogP contribution < -0.4 is 5.32 Å². The van der Waals surface area contributed by atoms with Crippen molar-refractivity contribution >= 4 is 34.1 Å². The third-order valence-electron chi connectivity index (χ3n) is 6.81. The fourth-order valence-corrected chi connectivity index (χ4v) is 4.93. The number of nitrogens with zero attached hydrogens (tertiary/aromatic N) is 5. The first-order chi connectivity index (χ1) is 17.6. The average molecular weight is 480 g/mol. The Bertz CT molecular complexity index is 1600. The minimum absolute atomic E-state index is 0.0710. The van der Waals surface area contributed by atoms with Crippen LogP contribution in [0.3, 0.4) is 0 Å². The molecule has 5 heterocycles. The number of carbonyl (C=O) groups is 2. The molecule has 2 amide bonds. The van der Waals surface area contributed by atoms with Gasteiger partial charge in [0.25, 0.3) is 5.91 Å². The zero-order chi connectivity index (χ0) is 24.6. The number of hydrogen-bond acceptors (Lipinski definition) is 5. The SMILES string of the molecule is CCC(=O)Nc1ccccc1C(=O)N1CCC(c2cc3c(-c4cnn5ncccc45)ccnc3[nH]2)C1. The lowest BCUT2D eigenvalue weighted by Crippen LogP contribution is -2.29. The van der Waals surface area contributed by atoms with Gasteiger partial charge in [-0.15, -0.1) is 0 Å². The van der Waals surface area contributed by atoms with Gasteiger partial charge in [-0.2, -0.15) is 14.8 Å². The van der Waals surface area contributed by atoms with Crippen molar-refractivity contribution in [1.82, 2.24) is 29.7 Å². The molecule has 1 saturated heterocycles. The van der Waals surface area contributed by atoms with E-state index in [1.807, 2.05) is 41.4 Å². The van der Waals surface area contributed by atoms with Crippen molar-refractivity contribution in [2.45, 2.75) is 25.7 Å². The number of benzene rings is 1. The molecule has 0 saturated carbocycles. The van der Waals surface area contributed by atoms with Gasteiger partial charge in [-0.05, 0) is 48.4 Å². The predicted molar refractivity (Wildman–Crippen MR) is 137 cm³/mol. The number of H-pyrrole nitrogens is 1. The van der Waals surface area contributed by atoms with E-state index in [0.29, 0.717) is 30.8 Å². The van der Waals surface area contributed by atoms with Crippen LogP contribution in [0.1, 0.15) is 41.7 Å². The minimum Gasteiger partial charge on any atom is -0.343 e. The highest BCUT2D eigenvalue weighted by Gasteiger charge is 2.30. The Morgan fingerprint density at radius 1 is 1.08 bits per heavy atom. The molecule has 2 N–H and O–H groups in total. The summed E-state index contributed by atoms with van der Waals surface area (Å²) in [6, 6.07) is 15.2. The summed E-state index contributed by atoms with van der Waals surface area (Å²) in [6.07, 6.45) is 6.54. The van der Waals surface area contributed by atoms with Gasteiger partial charge in [0.05, 0.1) is 23.0 Å². The number of amides is 2. The van der Waals surface area contributed by atoms with E-state index >= 15 is 0 Å². The van der Waals surface area contributed by atoms with Gasteiger partial charge in [0.2, 0.25) is 5.91 Å². The first-order valence-electron chi connectivity index (χ1n) is 12.1. The number of aromatic nitrogens is 5. The second-order valence-electron chi connectivity index (χ2n) is 8.99. The van der Waals surface area contributed by atoms with E-state index in [1.165, 1.54) is 0 Å². The van der Waals surface area contributed by atoms with Crippen LogP contribution in [0.15, 0.2) is 67.1 Å². The molecule has 36 heavy (non-hydrogen) atoms. The summed E-state index contributed by atoms with van der Waals surface area (Å²) in [5.74, 6) is -0.0184. The standard InChI is InChI=1S/C27H25N7O2/c1-2-25(35)31-22-7-4-3-6-19(22)27(36)33-13-10-17(16-33)23-14-20-18(9-12-28-26(20)32-23)21-15-30-34-24(21)8-5-11-29-34/h3-9,11-12,14-15,17H,2,10,13,16H2,1H3,(H,28,32)(H,31,35). The highest BCUT2D eigenvalue weighted by atomic mass is 16.2. The Hall–Kier alpha value is -4.53. The van der Waals surface area contributed by atoms with Gasteiger partial charge < -0.3 is 15.2 Å². The van der Waals surface area contributed by atoms with Crippen LogP contribution in [0.2, 0.25) is 0 Å². The molecular weight excluding hydrogens is 454 g/mol. The summed E-state index contributed by atoms with van der Waals surface area (Å²) < 4.78 is 1.62. The van der Waals surface area contributed by atoms with Crippen molar-refractivity contribution in [3.05, 3.63) is 78.4 Å². The Morgan fingerprint density at radius 2 is 1.97 bits per heavy atom. The Kier molecular flexibility index (Phi) is 5.44. The number of likely N-dealkylation sites (tertiary alicyclic amines) is 1. The Balaban J connectivity index is 1.27.